The van der Waals surface area contributed by atoms with Gasteiger partial charge < -0.3 is 10.4 Å². The van der Waals surface area contributed by atoms with Crippen molar-refractivity contribution in [3.8, 4) is 11.3 Å². The summed E-state index contributed by atoms with van der Waals surface area (Å²) in [6, 6.07) is 17.2. The van der Waals surface area contributed by atoms with Gasteiger partial charge in [0.15, 0.2) is 0 Å². The van der Waals surface area contributed by atoms with Crippen molar-refractivity contribution in [2.45, 2.75) is 32.6 Å². The number of nitrogens with zero attached hydrogens (tertiary/aromatic N) is 2. The molecular weight excluding hydrogens is 476 g/mol. The fraction of sp³-hybridized carbons (Fsp3) is 0.241. The quantitative estimate of drug-likeness (QED) is 0.294. The zero-order chi connectivity index (χ0) is 26.4. The number of carbonyl (C=O) groups excluding carboxylic acids is 1. The number of carboxylic acids is 1. The summed E-state index contributed by atoms with van der Waals surface area (Å²) in [4.78, 5) is 33.5. The van der Waals surface area contributed by atoms with Gasteiger partial charge in [0.25, 0.3) is 5.91 Å². The number of fused-ring (bicyclic) bond motifs is 1. The van der Waals surface area contributed by atoms with Crippen LogP contribution < -0.4 is 5.32 Å². The molecule has 190 valence electrons. The largest absolute Gasteiger partial charge is 0.481 e. The molecule has 4 aromatic rings. The molecule has 0 unspecified atom stereocenters. The first kappa shape index (κ1) is 25.9. The summed E-state index contributed by atoms with van der Waals surface area (Å²) in [5, 5.41) is 12.1. The lowest BCUT2D eigenvalue weighted by Gasteiger charge is -2.12. The molecule has 6 nitrogen and oxygen atoms in total. The minimum atomic E-state index is -0.849. The van der Waals surface area contributed by atoms with Gasteiger partial charge >= 0.3 is 5.97 Å². The summed E-state index contributed by atoms with van der Waals surface area (Å²) in [5.74, 6) is -2.25. The predicted molar refractivity (Wildman–Crippen MR) is 137 cm³/mol. The van der Waals surface area contributed by atoms with E-state index >= 15 is 0 Å². The summed E-state index contributed by atoms with van der Waals surface area (Å²) in [6.07, 6.45) is 2.13. The molecule has 0 fully saturated rings. The molecule has 1 amide bonds. The molecule has 0 saturated carbocycles. The average molecular weight is 504 g/mol. The first-order valence-corrected chi connectivity index (χ1v) is 12.1. The molecular formula is C29H27F2N3O3. The van der Waals surface area contributed by atoms with Crippen molar-refractivity contribution in [2.75, 3.05) is 6.54 Å². The Morgan fingerprint density at radius 3 is 2.24 bits per heavy atom. The van der Waals surface area contributed by atoms with Gasteiger partial charge in [-0.1, -0.05) is 19.1 Å². The molecule has 2 N–H and O–H groups in total. The SMILES string of the molecule is C[C@@H](CCCc1nc2cc(C(=O)NCCc3ccc(F)cc3)ccc2nc1-c1ccc(F)cc1)C(=O)O. The monoisotopic (exact) mass is 503 g/mol. The van der Waals surface area contributed by atoms with Crippen LogP contribution in [0.5, 0.6) is 0 Å². The van der Waals surface area contributed by atoms with Crippen LogP contribution in [0.2, 0.25) is 0 Å². The van der Waals surface area contributed by atoms with Gasteiger partial charge in [-0.3, -0.25) is 9.59 Å². The van der Waals surface area contributed by atoms with Crippen LogP contribution in [-0.4, -0.2) is 33.5 Å². The lowest BCUT2D eigenvalue weighted by Crippen LogP contribution is -2.25. The Hall–Kier alpha value is -4.20. The third kappa shape index (κ3) is 6.73. The number of aromatic nitrogens is 2. The molecule has 0 aliphatic carbocycles. The molecule has 1 atom stereocenters. The van der Waals surface area contributed by atoms with E-state index in [1.54, 1.807) is 49.4 Å². The highest BCUT2D eigenvalue weighted by molar-refractivity contribution is 5.97. The second kappa shape index (κ2) is 11.7. The summed E-state index contributed by atoms with van der Waals surface area (Å²) in [5.41, 5.74) is 4.45. The first-order chi connectivity index (χ1) is 17.8. The molecule has 3 aromatic carbocycles. The Balaban J connectivity index is 1.55. The summed E-state index contributed by atoms with van der Waals surface area (Å²) in [6.45, 7) is 2.06. The van der Waals surface area contributed by atoms with Crippen molar-refractivity contribution < 1.29 is 23.5 Å². The van der Waals surface area contributed by atoms with Gasteiger partial charge in [0.2, 0.25) is 0 Å². The molecule has 0 aliphatic heterocycles. The Labute approximate surface area is 213 Å². The minimum absolute atomic E-state index is 0.259. The second-order valence-electron chi connectivity index (χ2n) is 8.99. The van der Waals surface area contributed by atoms with Crippen LogP contribution in [0.4, 0.5) is 8.78 Å². The lowest BCUT2D eigenvalue weighted by molar-refractivity contribution is -0.141. The molecule has 0 spiro atoms. The number of nitrogens with one attached hydrogen (secondary N) is 1. The highest BCUT2D eigenvalue weighted by Crippen LogP contribution is 2.26. The van der Waals surface area contributed by atoms with E-state index < -0.39 is 11.9 Å². The summed E-state index contributed by atoms with van der Waals surface area (Å²) >= 11 is 0. The minimum Gasteiger partial charge on any atom is -0.481 e. The second-order valence-corrected chi connectivity index (χ2v) is 8.99. The molecule has 1 aromatic heterocycles. The van der Waals surface area contributed by atoms with E-state index in [1.165, 1.54) is 24.3 Å². The van der Waals surface area contributed by atoms with Crippen LogP contribution in [0.15, 0.2) is 66.7 Å². The zero-order valence-corrected chi connectivity index (χ0v) is 20.4. The van der Waals surface area contributed by atoms with E-state index in [0.29, 0.717) is 65.8 Å². The van der Waals surface area contributed by atoms with Crippen LogP contribution in [0, 0.1) is 17.6 Å². The van der Waals surface area contributed by atoms with Gasteiger partial charge in [-0.2, -0.15) is 0 Å². The highest BCUT2D eigenvalue weighted by Gasteiger charge is 2.16. The summed E-state index contributed by atoms with van der Waals surface area (Å²) in [7, 11) is 0. The number of carboxylic acid groups (broad SMARTS) is 1. The number of hydrogen-bond donors (Lipinski definition) is 2. The molecule has 0 aliphatic rings. The van der Waals surface area contributed by atoms with Gasteiger partial charge in [0.05, 0.1) is 28.3 Å². The maximum Gasteiger partial charge on any atom is 0.306 e. The van der Waals surface area contributed by atoms with Crippen LogP contribution in [0.1, 0.15) is 41.4 Å². The van der Waals surface area contributed by atoms with Crippen LogP contribution >= 0.6 is 0 Å². The maximum absolute atomic E-state index is 13.5. The molecule has 0 bridgehead atoms. The number of hydrogen-bond acceptors (Lipinski definition) is 4. The Morgan fingerprint density at radius 2 is 1.57 bits per heavy atom. The number of amides is 1. The molecule has 8 heteroatoms. The van der Waals surface area contributed by atoms with Gasteiger partial charge in [-0.25, -0.2) is 18.7 Å². The van der Waals surface area contributed by atoms with Crippen molar-refractivity contribution in [3.63, 3.8) is 0 Å². The zero-order valence-electron chi connectivity index (χ0n) is 20.4. The smallest absolute Gasteiger partial charge is 0.306 e. The molecule has 0 saturated heterocycles. The van der Waals surface area contributed by atoms with Crippen LogP contribution in [-0.2, 0) is 17.6 Å². The van der Waals surface area contributed by atoms with Crippen LogP contribution in [0.25, 0.3) is 22.3 Å². The number of carbonyl (C=O) groups is 2. The maximum atomic E-state index is 13.5. The van der Waals surface area contributed by atoms with E-state index in [-0.39, 0.29) is 17.5 Å². The Kier molecular flexibility index (Phi) is 8.18. The normalized spacial score (nSPS) is 11.9. The van der Waals surface area contributed by atoms with E-state index in [0.717, 1.165) is 5.56 Å². The van der Waals surface area contributed by atoms with E-state index in [1.807, 2.05) is 0 Å². The van der Waals surface area contributed by atoms with Crippen molar-refractivity contribution in [1.82, 2.24) is 15.3 Å². The van der Waals surface area contributed by atoms with Gasteiger partial charge in [0.1, 0.15) is 11.6 Å². The Morgan fingerprint density at radius 1 is 0.892 bits per heavy atom. The van der Waals surface area contributed by atoms with Gasteiger partial charge in [0, 0.05) is 17.7 Å². The van der Waals surface area contributed by atoms with Gasteiger partial charge in [-0.15, -0.1) is 0 Å². The first-order valence-electron chi connectivity index (χ1n) is 12.1. The third-order valence-electron chi connectivity index (χ3n) is 6.20. The van der Waals surface area contributed by atoms with Crippen molar-refractivity contribution in [1.29, 1.82) is 0 Å². The Bertz CT molecular complexity index is 1410. The molecule has 4 rings (SSSR count). The fourth-order valence-electron chi connectivity index (χ4n) is 4.02. The average Bonchev–Trinajstić information content (AvgIpc) is 2.89. The number of halogens is 2. The van der Waals surface area contributed by atoms with E-state index in [9.17, 15) is 23.5 Å². The van der Waals surface area contributed by atoms with Crippen molar-refractivity contribution in [3.05, 3.63) is 95.2 Å². The number of aliphatic carboxylic acids is 1. The number of rotatable bonds is 10. The van der Waals surface area contributed by atoms with Crippen molar-refractivity contribution >= 4 is 22.9 Å². The van der Waals surface area contributed by atoms with Crippen LogP contribution in [0.3, 0.4) is 0 Å². The number of benzene rings is 3. The van der Waals surface area contributed by atoms with Crippen molar-refractivity contribution in [2.24, 2.45) is 5.92 Å². The highest BCUT2D eigenvalue weighted by atomic mass is 19.1. The number of aryl methyl sites for hydroxylation is 1. The topological polar surface area (TPSA) is 92.2 Å². The lowest BCUT2D eigenvalue weighted by atomic mass is 10.0. The van der Waals surface area contributed by atoms with E-state index in [4.69, 9.17) is 9.97 Å². The third-order valence-corrected chi connectivity index (χ3v) is 6.20. The molecule has 1 heterocycles. The van der Waals surface area contributed by atoms with Gasteiger partial charge in [-0.05, 0) is 85.8 Å². The van der Waals surface area contributed by atoms with E-state index in [2.05, 4.69) is 5.32 Å². The standard InChI is InChI=1S/C29H27F2N3O3/c1-18(29(36)37)3-2-4-25-27(20-7-12-23(31)13-8-20)34-24-14-9-21(17-26(24)33-25)28(35)32-16-15-19-5-10-22(30)11-6-19/h5-14,17-18H,2-4,15-16H2,1H3,(H,32,35)(H,36,37)/t18-/m0/s1. The predicted octanol–water partition coefficient (Wildman–Crippen LogP) is 5.59. The fourth-order valence-corrected chi connectivity index (χ4v) is 4.02. The molecule has 0 radical (unpaired) electrons. The summed E-state index contributed by atoms with van der Waals surface area (Å²) < 4.78 is 26.6. The molecule has 37 heavy (non-hydrogen) atoms.